The molecule has 7 heteroatoms. The van der Waals surface area contributed by atoms with Crippen LogP contribution in [0.25, 0.3) is 10.9 Å². The molecule has 0 spiro atoms. The predicted molar refractivity (Wildman–Crippen MR) is 80.4 cm³/mol. The fraction of sp³-hybridized carbons (Fsp3) is 0.400. The van der Waals surface area contributed by atoms with Gasteiger partial charge in [0.25, 0.3) is 0 Å². The van der Waals surface area contributed by atoms with E-state index in [1.165, 1.54) is 19.5 Å². The Labute approximate surface area is 127 Å². The van der Waals surface area contributed by atoms with Crippen molar-refractivity contribution in [1.82, 2.24) is 15.3 Å². The fourth-order valence-corrected chi connectivity index (χ4v) is 2.59. The molecule has 3 rings (SSSR count). The molecule has 1 aliphatic heterocycles. The van der Waals surface area contributed by atoms with E-state index in [0.29, 0.717) is 31.0 Å². The topological polar surface area (TPSA) is 67.4 Å². The van der Waals surface area contributed by atoms with Crippen molar-refractivity contribution in [2.45, 2.75) is 6.92 Å². The molecule has 0 bridgehead atoms. The van der Waals surface area contributed by atoms with Crippen molar-refractivity contribution in [3.8, 4) is 5.75 Å². The highest BCUT2D eigenvalue weighted by molar-refractivity contribution is 5.92. The Kier molecular flexibility index (Phi) is 3.79. The zero-order valence-corrected chi connectivity index (χ0v) is 12.5. The molecular formula is C15H17FN4O2. The van der Waals surface area contributed by atoms with Crippen LogP contribution in [0.1, 0.15) is 6.92 Å². The van der Waals surface area contributed by atoms with E-state index in [9.17, 15) is 9.18 Å². The van der Waals surface area contributed by atoms with Gasteiger partial charge in [0.05, 0.1) is 18.5 Å². The standard InChI is InChI=1S/C15H17FN4O2/c1-3-17-15(21)9-6-20(7-9)14-10-4-13(22-2)11(16)5-12(10)18-8-19-14/h4-5,8-9H,3,6-7H2,1-2H3,(H,17,21). The lowest BCUT2D eigenvalue weighted by molar-refractivity contribution is -0.125. The van der Waals surface area contributed by atoms with E-state index in [1.807, 2.05) is 11.8 Å². The maximum Gasteiger partial charge on any atom is 0.226 e. The van der Waals surface area contributed by atoms with Crippen LogP contribution in [-0.2, 0) is 4.79 Å². The second-order valence-corrected chi connectivity index (χ2v) is 5.20. The normalized spacial score (nSPS) is 14.8. The van der Waals surface area contributed by atoms with Gasteiger partial charge in [0.1, 0.15) is 12.1 Å². The molecule has 1 N–H and O–H groups in total. The summed E-state index contributed by atoms with van der Waals surface area (Å²) in [7, 11) is 1.42. The minimum atomic E-state index is -0.455. The summed E-state index contributed by atoms with van der Waals surface area (Å²) in [6.45, 7) is 3.71. The second kappa shape index (κ2) is 5.75. The molecule has 1 aromatic carbocycles. The lowest BCUT2D eigenvalue weighted by Crippen LogP contribution is -2.54. The van der Waals surface area contributed by atoms with Crippen LogP contribution in [0, 0.1) is 11.7 Å². The number of benzene rings is 1. The van der Waals surface area contributed by atoms with Crippen LogP contribution in [0.15, 0.2) is 18.5 Å². The molecule has 1 amide bonds. The van der Waals surface area contributed by atoms with E-state index >= 15 is 0 Å². The van der Waals surface area contributed by atoms with Gasteiger partial charge in [-0.2, -0.15) is 0 Å². The first kappa shape index (κ1) is 14.5. The molecular weight excluding hydrogens is 287 g/mol. The van der Waals surface area contributed by atoms with Gasteiger partial charge in [0.2, 0.25) is 5.91 Å². The minimum Gasteiger partial charge on any atom is -0.494 e. The van der Waals surface area contributed by atoms with Crippen LogP contribution in [0.4, 0.5) is 10.2 Å². The average molecular weight is 304 g/mol. The minimum absolute atomic E-state index is 0.0349. The summed E-state index contributed by atoms with van der Waals surface area (Å²) >= 11 is 0. The molecule has 0 saturated carbocycles. The van der Waals surface area contributed by atoms with Crippen molar-refractivity contribution in [2.75, 3.05) is 31.6 Å². The number of methoxy groups -OCH3 is 1. The highest BCUT2D eigenvalue weighted by Crippen LogP contribution is 2.32. The first-order chi connectivity index (χ1) is 10.6. The Bertz CT molecular complexity index is 716. The third-order valence-electron chi connectivity index (χ3n) is 3.79. The van der Waals surface area contributed by atoms with E-state index in [2.05, 4.69) is 15.3 Å². The monoisotopic (exact) mass is 304 g/mol. The number of carbonyl (C=O) groups is 1. The van der Waals surface area contributed by atoms with Crippen molar-refractivity contribution < 1.29 is 13.9 Å². The van der Waals surface area contributed by atoms with Gasteiger partial charge in [-0.1, -0.05) is 0 Å². The van der Waals surface area contributed by atoms with Crippen LogP contribution in [0.2, 0.25) is 0 Å². The van der Waals surface area contributed by atoms with Crippen molar-refractivity contribution >= 4 is 22.6 Å². The zero-order valence-electron chi connectivity index (χ0n) is 12.5. The molecule has 6 nitrogen and oxygen atoms in total. The number of nitrogens with zero attached hydrogens (tertiary/aromatic N) is 3. The fourth-order valence-electron chi connectivity index (χ4n) is 2.59. The van der Waals surface area contributed by atoms with E-state index < -0.39 is 5.82 Å². The van der Waals surface area contributed by atoms with Crippen molar-refractivity contribution in [1.29, 1.82) is 0 Å². The molecule has 0 aliphatic carbocycles. The van der Waals surface area contributed by atoms with E-state index in [1.54, 1.807) is 6.07 Å². The summed E-state index contributed by atoms with van der Waals surface area (Å²) in [5.41, 5.74) is 0.518. The highest BCUT2D eigenvalue weighted by Gasteiger charge is 2.34. The molecule has 116 valence electrons. The molecule has 1 aromatic heterocycles. The van der Waals surface area contributed by atoms with Gasteiger partial charge >= 0.3 is 0 Å². The zero-order chi connectivity index (χ0) is 15.7. The van der Waals surface area contributed by atoms with Gasteiger partial charge in [0.15, 0.2) is 11.6 Å². The third-order valence-corrected chi connectivity index (χ3v) is 3.79. The summed E-state index contributed by atoms with van der Waals surface area (Å²) < 4.78 is 18.8. The number of carbonyl (C=O) groups excluding carboxylic acids is 1. The molecule has 1 fully saturated rings. The number of aromatic nitrogens is 2. The molecule has 1 aliphatic rings. The number of hydrogen-bond donors (Lipinski definition) is 1. The smallest absolute Gasteiger partial charge is 0.226 e. The van der Waals surface area contributed by atoms with Gasteiger partial charge in [-0.15, -0.1) is 0 Å². The highest BCUT2D eigenvalue weighted by atomic mass is 19.1. The van der Waals surface area contributed by atoms with Gasteiger partial charge in [-0.05, 0) is 13.0 Å². The molecule has 0 unspecified atom stereocenters. The lowest BCUT2D eigenvalue weighted by Gasteiger charge is -2.39. The Morgan fingerprint density at radius 1 is 1.45 bits per heavy atom. The largest absolute Gasteiger partial charge is 0.494 e. The summed E-state index contributed by atoms with van der Waals surface area (Å²) in [5, 5.41) is 3.53. The van der Waals surface area contributed by atoms with E-state index in [4.69, 9.17) is 4.74 Å². The van der Waals surface area contributed by atoms with Crippen molar-refractivity contribution in [3.63, 3.8) is 0 Å². The number of ether oxygens (including phenoxy) is 1. The number of halogens is 1. The molecule has 1 saturated heterocycles. The van der Waals surface area contributed by atoms with Crippen molar-refractivity contribution in [3.05, 3.63) is 24.3 Å². The summed E-state index contributed by atoms with van der Waals surface area (Å²) in [4.78, 5) is 22.1. The van der Waals surface area contributed by atoms with Crippen LogP contribution in [0.3, 0.4) is 0 Å². The summed E-state index contributed by atoms with van der Waals surface area (Å²) in [6.07, 6.45) is 1.41. The predicted octanol–water partition coefficient (Wildman–Crippen LogP) is 1.35. The Morgan fingerprint density at radius 3 is 2.91 bits per heavy atom. The Hall–Kier alpha value is -2.44. The third kappa shape index (κ3) is 2.43. The molecule has 22 heavy (non-hydrogen) atoms. The van der Waals surface area contributed by atoms with Gasteiger partial charge < -0.3 is 15.0 Å². The van der Waals surface area contributed by atoms with E-state index in [0.717, 1.165) is 5.39 Å². The number of nitrogens with one attached hydrogen (secondary N) is 1. The summed E-state index contributed by atoms with van der Waals surface area (Å²) in [6, 6.07) is 2.93. The number of anilines is 1. The first-order valence-electron chi connectivity index (χ1n) is 7.15. The van der Waals surface area contributed by atoms with Crippen LogP contribution >= 0.6 is 0 Å². The Balaban J connectivity index is 1.88. The second-order valence-electron chi connectivity index (χ2n) is 5.20. The maximum absolute atomic E-state index is 13.7. The molecule has 2 heterocycles. The Morgan fingerprint density at radius 2 is 2.23 bits per heavy atom. The lowest BCUT2D eigenvalue weighted by atomic mass is 9.98. The summed E-state index contributed by atoms with van der Waals surface area (Å²) in [5.74, 6) is 0.421. The van der Waals surface area contributed by atoms with Crippen LogP contribution in [-0.4, -0.2) is 42.6 Å². The molecule has 2 aromatic rings. The van der Waals surface area contributed by atoms with Crippen LogP contribution in [0.5, 0.6) is 5.75 Å². The number of hydrogen-bond acceptors (Lipinski definition) is 5. The van der Waals surface area contributed by atoms with Crippen molar-refractivity contribution in [2.24, 2.45) is 5.92 Å². The number of amides is 1. The number of rotatable bonds is 4. The molecule has 0 atom stereocenters. The number of fused-ring (bicyclic) bond motifs is 1. The molecule has 0 radical (unpaired) electrons. The first-order valence-corrected chi connectivity index (χ1v) is 7.15. The SMILES string of the molecule is CCNC(=O)C1CN(c2ncnc3cc(F)c(OC)cc23)C1. The van der Waals surface area contributed by atoms with Crippen LogP contribution < -0.4 is 15.0 Å². The average Bonchev–Trinajstić information content (AvgIpc) is 2.45. The van der Waals surface area contributed by atoms with Gasteiger partial charge in [-0.3, -0.25) is 4.79 Å². The maximum atomic E-state index is 13.7. The van der Waals surface area contributed by atoms with Gasteiger partial charge in [0, 0.05) is 31.1 Å². The van der Waals surface area contributed by atoms with Gasteiger partial charge in [-0.25, -0.2) is 14.4 Å². The van der Waals surface area contributed by atoms with E-state index in [-0.39, 0.29) is 17.6 Å². The quantitative estimate of drug-likeness (QED) is 0.923.